The molecule has 11 nitrogen and oxygen atoms in total. The van der Waals surface area contributed by atoms with E-state index in [0.29, 0.717) is 37.0 Å². The van der Waals surface area contributed by atoms with Crippen LogP contribution in [0.2, 0.25) is 0 Å². The van der Waals surface area contributed by atoms with E-state index in [1.807, 2.05) is 0 Å². The molecule has 5 aliphatic heterocycles. The van der Waals surface area contributed by atoms with Crippen LogP contribution in [0.25, 0.3) is 0 Å². The Bertz CT molecular complexity index is 1290. The van der Waals surface area contributed by atoms with Crippen LogP contribution in [0.3, 0.4) is 0 Å². The molecule has 1 aliphatic carbocycles. The highest BCUT2D eigenvalue weighted by Gasteiger charge is 2.77. The van der Waals surface area contributed by atoms with Gasteiger partial charge in [-0.25, -0.2) is 9.59 Å². The topological polar surface area (TPSA) is 155 Å². The quantitative estimate of drug-likeness (QED) is 0.461. The number of rotatable bonds is 5. The third-order valence-electron chi connectivity index (χ3n) is 10.7. The number of methoxy groups -OCH3 is 1. The van der Waals surface area contributed by atoms with Crippen LogP contribution in [0.4, 0.5) is 0 Å². The Morgan fingerprint density at radius 1 is 1.20 bits per heavy atom. The lowest BCUT2D eigenvalue weighted by molar-refractivity contribution is -0.247. The second-order valence-electron chi connectivity index (χ2n) is 13.4. The summed E-state index contributed by atoms with van der Waals surface area (Å²) in [6, 6.07) is 0. The van der Waals surface area contributed by atoms with Crippen molar-refractivity contribution in [1.82, 2.24) is 0 Å². The fourth-order valence-electron chi connectivity index (χ4n) is 8.68. The SMILES string of the molecule is COC12CC(C)(C(=O)C(C)C=C3C=C(C)C(=O)O3)CCC3(CC45OC(=O)C(O)C4OC(C)(CO)C5CCC3C1=O)O2. The molecule has 11 heteroatoms. The number of ketones is 2. The third kappa shape index (κ3) is 3.82. The number of aliphatic hydroxyl groups excluding tert-OH is 2. The van der Waals surface area contributed by atoms with Crippen molar-refractivity contribution in [1.29, 1.82) is 0 Å². The van der Waals surface area contributed by atoms with E-state index in [2.05, 4.69) is 0 Å². The number of fused-ring (bicyclic) bond motifs is 1. The molecular weight excluding hydrogens is 536 g/mol. The first-order chi connectivity index (χ1) is 19.2. The first-order valence-electron chi connectivity index (χ1n) is 14.3. The molecule has 2 spiro atoms. The van der Waals surface area contributed by atoms with Crippen LogP contribution < -0.4 is 0 Å². The highest BCUT2D eigenvalue weighted by molar-refractivity contribution is 5.95. The minimum Gasteiger partial charge on any atom is -0.454 e. The van der Waals surface area contributed by atoms with Crippen molar-refractivity contribution < 1.29 is 53.1 Å². The van der Waals surface area contributed by atoms with E-state index in [9.17, 15) is 29.4 Å². The van der Waals surface area contributed by atoms with E-state index in [1.54, 1.807) is 39.8 Å². The zero-order valence-electron chi connectivity index (χ0n) is 24.1. The van der Waals surface area contributed by atoms with Gasteiger partial charge < -0.3 is 33.9 Å². The summed E-state index contributed by atoms with van der Waals surface area (Å²) < 4.78 is 29.9. The summed E-state index contributed by atoms with van der Waals surface area (Å²) in [6.45, 7) is 6.56. The molecule has 0 radical (unpaired) electrons. The largest absolute Gasteiger partial charge is 0.454 e. The average molecular weight is 575 g/mol. The molecule has 224 valence electrons. The van der Waals surface area contributed by atoms with Gasteiger partial charge in [-0.1, -0.05) is 13.8 Å². The predicted molar refractivity (Wildman–Crippen MR) is 139 cm³/mol. The molecule has 10 atom stereocenters. The maximum absolute atomic E-state index is 14.2. The fourth-order valence-corrected chi connectivity index (χ4v) is 8.68. The van der Waals surface area contributed by atoms with Crippen LogP contribution in [0.5, 0.6) is 0 Å². The summed E-state index contributed by atoms with van der Waals surface area (Å²) in [4.78, 5) is 52.7. The van der Waals surface area contributed by atoms with E-state index in [4.69, 9.17) is 23.7 Å². The average Bonchev–Trinajstić information content (AvgIpc) is 3.44. The van der Waals surface area contributed by atoms with Gasteiger partial charge in [-0.15, -0.1) is 0 Å². The Hall–Kier alpha value is -2.44. The molecule has 6 aliphatic rings. The third-order valence-corrected chi connectivity index (χ3v) is 10.7. The molecule has 0 aromatic rings. The monoisotopic (exact) mass is 574 g/mol. The summed E-state index contributed by atoms with van der Waals surface area (Å²) in [5.41, 5.74) is -4.12. The number of cyclic esters (lactones) is 1. The number of Topliss-reactive ketones (excluding diaryl/α,β-unsaturated/α-hetero) is 2. The van der Waals surface area contributed by atoms with E-state index in [0.717, 1.165) is 0 Å². The minimum atomic E-state index is -1.69. The van der Waals surface area contributed by atoms with Gasteiger partial charge in [-0.2, -0.15) is 0 Å². The molecule has 41 heavy (non-hydrogen) atoms. The van der Waals surface area contributed by atoms with Crippen LogP contribution in [-0.4, -0.2) is 82.2 Å². The lowest BCUT2D eigenvalue weighted by atomic mass is 9.64. The van der Waals surface area contributed by atoms with Gasteiger partial charge >= 0.3 is 11.9 Å². The second kappa shape index (κ2) is 9.03. The van der Waals surface area contributed by atoms with E-state index >= 15 is 0 Å². The maximum atomic E-state index is 14.2. The van der Waals surface area contributed by atoms with Crippen molar-refractivity contribution in [3.8, 4) is 0 Å². The van der Waals surface area contributed by atoms with Gasteiger partial charge in [-0.3, -0.25) is 9.59 Å². The zero-order valence-corrected chi connectivity index (χ0v) is 24.1. The molecule has 2 bridgehead atoms. The number of aliphatic hydroxyl groups is 2. The highest BCUT2D eigenvalue weighted by atomic mass is 16.7. The van der Waals surface area contributed by atoms with Gasteiger partial charge in [0.25, 0.3) is 0 Å². The highest BCUT2D eigenvalue weighted by Crippen LogP contribution is 2.64. The molecule has 6 rings (SSSR count). The minimum absolute atomic E-state index is 0.00170. The summed E-state index contributed by atoms with van der Waals surface area (Å²) in [5.74, 6) is -4.72. The standard InChI is InChI=1S/C30H38O11/c1-15(10-17-11-16(2)24(35)38-17)21(33)26(3)8-9-28-13-29-19(7-6-18(28)22(34)30(12-26,37-5)41-28)27(4,14-31)39-23(29)20(32)25(36)40-29/h10-11,15,18-20,23,31-32H,6-9,12-14H2,1-5H3. The zero-order chi connectivity index (χ0) is 29.8. The van der Waals surface area contributed by atoms with E-state index < -0.39 is 69.9 Å². The molecule has 0 amide bonds. The van der Waals surface area contributed by atoms with Gasteiger partial charge in [0, 0.05) is 42.8 Å². The number of allylic oxidation sites excluding steroid dienone is 2. The molecule has 4 saturated heterocycles. The van der Waals surface area contributed by atoms with E-state index in [1.165, 1.54) is 7.11 Å². The Morgan fingerprint density at radius 2 is 1.93 bits per heavy atom. The summed E-state index contributed by atoms with van der Waals surface area (Å²) >= 11 is 0. The summed E-state index contributed by atoms with van der Waals surface area (Å²) in [7, 11) is 1.40. The molecule has 1 saturated carbocycles. The lowest BCUT2D eigenvalue weighted by Gasteiger charge is -2.40. The Morgan fingerprint density at radius 3 is 2.56 bits per heavy atom. The molecule has 0 aromatic carbocycles. The number of hydrogen-bond donors (Lipinski definition) is 2. The van der Waals surface area contributed by atoms with Gasteiger partial charge in [0.15, 0.2) is 11.9 Å². The molecule has 5 heterocycles. The smallest absolute Gasteiger partial charge is 0.339 e. The Balaban J connectivity index is 1.37. The van der Waals surface area contributed by atoms with Gasteiger partial charge in [0.2, 0.25) is 5.79 Å². The maximum Gasteiger partial charge on any atom is 0.339 e. The number of ether oxygens (including phenoxy) is 5. The number of carbonyl (C=O) groups is 4. The first kappa shape index (κ1) is 28.7. The fraction of sp³-hybridized carbons (Fsp3) is 0.733. The van der Waals surface area contributed by atoms with Crippen molar-refractivity contribution in [3.63, 3.8) is 0 Å². The van der Waals surface area contributed by atoms with Crippen molar-refractivity contribution in [2.24, 2.45) is 23.2 Å². The van der Waals surface area contributed by atoms with Crippen LogP contribution in [-0.2, 0) is 42.9 Å². The number of esters is 2. The molecule has 10 unspecified atom stereocenters. The number of hydrogen-bond acceptors (Lipinski definition) is 11. The van der Waals surface area contributed by atoms with Crippen molar-refractivity contribution in [2.45, 2.75) is 101 Å². The lowest BCUT2D eigenvalue weighted by Crippen LogP contribution is -2.52. The van der Waals surface area contributed by atoms with Gasteiger partial charge in [0.05, 0.1) is 23.7 Å². The molecule has 2 N–H and O–H groups in total. The predicted octanol–water partition coefficient (Wildman–Crippen LogP) is 1.67. The Kier molecular flexibility index (Phi) is 6.31. The van der Waals surface area contributed by atoms with Crippen LogP contribution >= 0.6 is 0 Å². The van der Waals surface area contributed by atoms with Crippen molar-refractivity contribution in [3.05, 3.63) is 23.5 Å². The normalized spacial score (nSPS) is 48.5. The molecule has 0 aromatic heterocycles. The molecule has 5 fully saturated rings. The van der Waals surface area contributed by atoms with Gasteiger partial charge in [0.1, 0.15) is 23.2 Å². The van der Waals surface area contributed by atoms with E-state index in [-0.39, 0.29) is 31.0 Å². The Labute approximate surface area is 238 Å². The second-order valence-corrected chi connectivity index (χ2v) is 13.4. The number of carbonyl (C=O) groups excluding carboxylic acids is 4. The summed E-state index contributed by atoms with van der Waals surface area (Å²) in [5, 5.41) is 21.0. The van der Waals surface area contributed by atoms with Crippen molar-refractivity contribution in [2.75, 3.05) is 13.7 Å². The van der Waals surface area contributed by atoms with Gasteiger partial charge in [-0.05, 0) is 51.7 Å². The molecular formula is C30H38O11. The van der Waals surface area contributed by atoms with Crippen molar-refractivity contribution >= 4 is 23.5 Å². The first-order valence-corrected chi connectivity index (χ1v) is 14.3. The van der Waals surface area contributed by atoms with Crippen LogP contribution in [0.15, 0.2) is 23.5 Å². The van der Waals surface area contributed by atoms with Crippen LogP contribution in [0.1, 0.15) is 66.2 Å². The van der Waals surface area contributed by atoms with Crippen LogP contribution in [0, 0.1) is 23.2 Å². The summed E-state index contributed by atoms with van der Waals surface area (Å²) in [6.07, 6.45) is 2.17.